The van der Waals surface area contributed by atoms with Gasteiger partial charge in [-0.3, -0.25) is 0 Å². The molecule has 0 amide bonds. The molecule has 0 rings (SSSR count). The Hall–Kier alpha value is 0.870. The minimum atomic E-state index is -4.04. The molecule has 68 valence electrons. The van der Waals surface area contributed by atoms with Gasteiger partial charge in [-0.25, -0.2) is 8.42 Å². The summed E-state index contributed by atoms with van der Waals surface area (Å²) < 4.78 is 30.3. The minimum Gasteiger partial charge on any atom is -0.748 e. The van der Waals surface area contributed by atoms with Crippen LogP contribution >= 0.6 is 0 Å². The first kappa shape index (κ1) is 15.3. The second kappa shape index (κ2) is 7.29. The van der Waals surface area contributed by atoms with Crippen LogP contribution in [-0.2, 0) is 10.1 Å². The largest absolute Gasteiger partial charge is 1.00 e. The van der Waals surface area contributed by atoms with E-state index in [1.165, 1.54) is 0 Å². The molecule has 6 heteroatoms. The third-order valence-electron chi connectivity index (χ3n) is 1.46. The molecule has 0 saturated carbocycles. The normalized spacial score (nSPS) is 13.6. The summed E-state index contributed by atoms with van der Waals surface area (Å²) in [6.07, 6.45) is 0.929. The van der Waals surface area contributed by atoms with Crippen LogP contribution in [0.4, 0.5) is 0 Å². The van der Waals surface area contributed by atoms with Crippen molar-refractivity contribution in [3.63, 3.8) is 0 Å². The Morgan fingerprint density at radius 3 is 2.33 bits per heavy atom. The number of nitrogens with one attached hydrogen (secondary N) is 1. The molecule has 0 saturated heterocycles. The van der Waals surface area contributed by atoms with Gasteiger partial charge < -0.3 is 9.87 Å². The van der Waals surface area contributed by atoms with E-state index in [4.69, 9.17) is 0 Å². The Kier molecular flexibility index (Phi) is 9.32. The molecule has 0 aromatic carbocycles. The van der Waals surface area contributed by atoms with Gasteiger partial charge in [0.15, 0.2) is 0 Å². The Morgan fingerprint density at radius 2 is 2.00 bits per heavy atom. The third-order valence-corrected chi connectivity index (χ3v) is 2.16. The zero-order valence-corrected chi connectivity index (χ0v) is 10.6. The fourth-order valence-electron chi connectivity index (χ4n) is 0.575. The molecule has 0 spiro atoms. The third kappa shape index (κ3) is 10.9. The maximum Gasteiger partial charge on any atom is 1.00 e. The van der Waals surface area contributed by atoms with Crippen molar-refractivity contribution in [2.75, 3.05) is 12.3 Å². The van der Waals surface area contributed by atoms with Crippen molar-refractivity contribution in [1.29, 1.82) is 0 Å². The summed E-state index contributed by atoms with van der Waals surface area (Å²) >= 11 is 0. The van der Waals surface area contributed by atoms with Gasteiger partial charge in [0.2, 0.25) is 0 Å². The monoisotopic (exact) mass is 203 g/mol. The molecule has 4 nitrogen and oxygen atoms in total. The van der Waals surface area contributed by atoms with Gasteiger partial charge in [-0.1, -0.05) is 6.92 Å². The summed E-state index contributed by atoms with van der Waals surface area (Å²) in [5.41, 5.74) is 0. The summed E-state index contributed by atoms with van der Waals surface area (Å²) in [7, 11) is -4.04. The Morgan fingerprint density at radius 1 is 1.50 bits per heavy atom. The predicted octanol–water partition coefficient (Wildman–Crippen LogP) is -3.08. The molecule has 0 bridgehead atoms. The van der Waals surface area contributed by atoms with Crippen LogP contribution in [0.3, 0.4) is 0 Å². The second-order valence-corrected chi connectivity index (χ2v) is 4.05. The molecule has 1 atom stereocenters. The van der Waals surface area contributed by atoms with Crippen molar-refractivity contribution in [3.8, 4) is 0 Å². The minimum absolute atomic E-state index is 0. The van der Waals surface area contributed by atoms with Gasteiger partial charge in [0.05, 0.1) is 15.9 Å². The summed E-state index contributed by atoms with van der Waals surface area (Å²) in [5.74, 6) is -0.322. The maximum atomic E-state index is 10.1. The van der Waals surface area contributed by atoms with Crippen molar-refractivity contribution in [3.05, 3.63) is 0 Å². The molecular weight excluding hydrogens is 189 g/mol. The number of hydrogen-bond acceptors (Lipinski definition) is 4. The number of hydrogen-bond donors (Lipinski definition) is 1. The summed E-state index contributed by atoms with van der Waals surface area (Å²) in [5, 5.41) is 2.91. The fraction of sp³-hybridized carbons (Fsp3) is 1.00. The van der Waals surface area contributed by atoms with E-state index in [0.29, 0.717) is 0 Å². The van der Waals surface area contributed by atoms with Crippen molar-refractivity contribution in [1.82, 2.24) is 5.32 Å². The van der Waals surface area contributed by atoms with E-state index >= 15 is 0 Å². The molecule has 1 N–H and O–H groups in total. The SMILES string of the molecule is CCC(C)NCCS(=O)(=O)[O-].[Na+]. The van der Waals surface area contributed by atoms with Crippen LogP contribution in [0, 0.1) is 0 Å². The molecule has 12 heavy (non-hydrogen) atoms. The molecule has 0 aliphatic heterocycles. The van der Waals surface area contributed by atoms with Crippen molar-refractivity contribution >= 4 is 10.1 Å². The zero-order chi connectivity index (χ0) is 8.91. The van der Waals surface area contributed by atoms with Crippen molar-refractivity contribution in [2.45, 2.75) is 26.3 Å². The molecule has 0 radical (unpaired) electrons. The molecule has 0 aromatic rings. The second-order valence-electron chi connectivity index (χ2n) is 2.53. The summed E-state index contributed by atoms with van der Waals surface area (Å²) in [4.78, 5) is 0. The van der Waals surface area contributed by atoms with Gasteiger partial charge in [-0.15, -0.1) is 0 Å². The predicted molar refractivity (Wildman–Crippen MR) is 42.3 cm³/mol. The van der Waals surface area contributed by atoms with Crippen LogP contribution in [0.15, 0.2) is 0 Å². The smallest absolute Gasteiger partial charge is 0.748 e. The van der Waals surface area contributed by atoms with Gasteiger partial charge in [-0.2, -0.15) is 0 Å². The van der Waals surface area contributed by atoms with Crippen LogP contribution in [0.25, 0.3) is 0 Å². The molecule has 0 aliphatic carbocycles. The van der Waals surface area contributed by atoms with Gasteiger partial charge in [0, 0.05) is 12.6 Å². The van der Waals surface area contributed by atoms with Crippen molar-refractivity contribution < 1.29 is 42.5 Å². The maximum absolute atomic E-state index is 10.1. The fourth-order valence-corrected chi connectivity index (χ4v) is 0.943. The Labute approximate surface area is 96.2 Å². The first-order valence-corrected chi connectivity index (χ1v) is 5.20. The van der Waals surface area contributed by atoms with Gasteiger partial charge in [-0.05, 0) is 13.3 Å². The quantitative estimate of drug-likeness (QED) is 0.380. The molecule has 0 aliphatic rings. The van der Waals surface area contributed by atoms with Gasteiger partial charge in [0.1, 0.15) is 0 Å². The molecule has 1 unspecified atom stereocenters. The van der Waals surface area contributed by atoms with Crippen LogP contribution in [0.5, 0.6) is 0 Å². The van der Waals surface area contributed by atoms with Crippen LogP contribution in [0.2, 0.25) is 0 Å². The number of rotatable bonds is 5. The molecule has 0 aromatic heterocycles. The molecule has 0 heterocycles. The molecule has 0 fully saturated rings. The van der Waals surface area contributed by atoms with E-state index in [2.05, 4.69) is 5.32 Å². The van der Waals surface area contributed by atoms with E-state index in [1.54, 1.807) is 0 Å². The van der Waals surface area contributed by atoms with Crippen LogP contribution in [-0.4, -0.2) is 31.3 Å². The van der Waals surface area contributed by atoms with Gasteiger partial charge in [0.25, 0.3) is 0 Å². The first-order chi connectivity index (χ1) is 4.95. The first-order valence-electron chi connectivity index (χ1n) is 3.62. The standard InChI is InChI=1S/C6H15NO3S.Na/c1-3-6(2)7-4-5-11(8,9)10;/h6-7H,3-5H2,1-2H3,(H,8,9,10);/q;+1/p-1. The zero-order valence-electron chi connectivity index (χ0n) is 7.83. The van der Waals surface area contributed by atoms with E-state index in [-0.39, 0.29) is 47.9 Å². The van der Waals surface area contributed by atoms with Crippen LogP contribution in [0.1, 0.15) is 20.3 Å². The topological polar surface area (TPSA) is 69.2 Å². The van der Waals surface area contributed by atoms with Gasteiger partial charge >= 0.3 is 29.6 Å². The van der Waals surface area contributed by atoms with Crippen molar-refractivity contribution in [2.24, 2.45) is 0 Å². The average molecular weight is 203 g/mol. The molecular formula is C6H14NNaO3S. The van der Waals surface area contributed by atoms with Crippen LogP contribution < -0.4 is 34.9 Å². The van der Waals surface area contributed by atoms with E-state index in [9.17, 15) is 13.0 Å². The van der Waals surface area contributed by atoms with E-state index in [0.717, 1.165) is 6.42 Å². The average Bonchev–Trinajstić information content (AvgIpc) is 1.85. The van der Waals surface area contributed by atoms with E-state index < -0.39 is 10.1 Å². The Bertz CT molecular complexity index is 193. The van der Waals surface area contributed by atoms with E-state index in [1.807, 2.05) is 13.8 Å². The Balaban J connectivity index is 0. The summed E-state index contributed by atoms with van der Waals surface area (Å²) in [6, 6.07) is 0.275. The summed E-state index contributed by atoms with van der Waals surface area (Å²) in [6.45, 7) is 4.18.